The molecule has 1 saturated heterocycles. The van der Waals surface area contributed by atoms with Crippen LogP contribution in [0.3, 0.4) is 0 Å². The van der Waals surface area contributed by atoms with Gasteiger partial charge in [0.1, 0.15) is 11.5 Å². The third-order valence-corrected chi connectivity index (χ3v) is 5.54. The van der Waals surface area contributed by atoms with Crippen LogP contribution in [0.4, 0.5) is 5.82 Å². The Morgan fingerprint density at radius 1 is 1.21 bits per heavy atom. The maximum atomic E-state index is 12.8. The van der Waals surface area contributed by atoms with Gasteiger partial charge in [-0.3, -0.25) is 14.6 Å². The fourth-order valence-corrected chi connectivity index (χ4v) is 4.14. The van der Waals surface area contributed by atoms with Crippen molar-refractivity contribution in [2.45, 2.75) is 39.7 Å². The van der Waals surface area contributed by atoms with Crippen LogP contribution in [0.2, 0.25) is 0 Å². The minimum atomic E-state index is -0.110. The molecule has 3 aromatic rings. The van der Waals surface area contributed by atoms with Crippen LogP contribution in [0.1, 0.15) is 40.2 Å². The Kier molecular flexibility index (Phi) is 5.13. The number of hydrogen-bond donors (Lipinski definition) is 2. The number of rotatable bonds is 4. The van der Waals surface area contributed by atoms with E-state index in [1.54, 1.807) is 0 Å². The van der Waals surface area contributed by atoms with Crippen molar-refractivity contribution in [2.24, 2.45) is 7.05 Å². The third-order valence-electron chi connectivity index (χ3n) is 5.54. The molecule has 2 N–H and O–H groups in total. The quantitative estimate of drug-likeness (QED) is 0.715. The second-order valence-electron chi connectivity index (χ2n) is 8.01. The van der Waals surface area contributed by atoms with Gasteiger partial charge < -0.3 is 10.2 Å². The third kappa shape index (κ3) is 4.04. The van der Waals surface area contributed by atoms with Crippen molar-refractivity contribution in [3.8, 4) is 11.3 Å². The Balaban J connectivity index is 1.44. The maximum Gasteiger partial charge on any atom is 0.269 e. The number of carbonyl (C=O) groups is 1. The molecule has 0 radical (unpaired) electrons. The summed E-state index contributed by atoms with van der Waals surface area (Å²) in [4.78, 5) is 15.1. The zero-order valence-electron chi connectivity index (χ0n) is 17.5. The van der Waals surface area contributed by atoms with Crippen LogP contribution in [0, 0.1) is 20.8 Å². The van der Waals surface area contributed by atoms with Gasteiger partial charge in [-0.25, -0.2) is 0 Å². The number of aromatic amines is 1. The minimum absolute atomic E-state index is 0.0966. The van der Waals surface area contributed by atoms with E-state index in [4.69, 9.17) is 0 Å². The van der Waals surface area contributed by atoms with Crippen molar-refractivity contribution in [1.29, 1.82) is 0 Å². The topological polar surface area (TPSA) is 78.8 Å². The molecule has 0 bridgehead atoms. The Morgan fingerprint density at radius 2 is 2.03 bits per heavy atom. The molecule has 7 nitrogen and oxygen atoms in total. The molecule has 2 aromatic heterocycles. The lowest BCUT2D eigenvalue weighted by molar-refractivity contribution is 0.0928. The Morgan fingerprint density at radius 3 is 2.76 bits per heavy atom. The summed E-state index contributed by atoms with van der Waals surface area (Å²) >= 11 is 0. The lowest BCUT2D eigenvalue weighted by atomic mass is 10.0. The van der Waals surface area contributed by atoms with Crippen LogP contribution < -0.4 is 10.2 Å². The first-order chi connectivity index (χ1) is 13.9. The first-order valence-corrected chi connectivity index (χ1v) is 10.1. The monoisotopic (exact) mass is 392 g/mol. The van der Waals surface area contributed by atoms with Crippen LogP contribution in [0.25, 0.3) is 11.3 Å². The van der Waals surface area contributed by atoms with Crippen molar-refractivity contribution in [3.05, 3.63) is 52.8 Å². The van der Waals surface area contributed by atoms with Crippen molar-refractivity contribution >= 4 is 11.7 Å². The van der Waals surface area contributed by atoms with Crippen molar-refractivity contribution < 1.29 is 4.79 Å². The molecule has 1 atom stereocenters. The van der Waals surface area contributed by atoms with Gasteiger partial charge in [-0.05, 0) is 45.2 Å². The molecule has 0 aliphatic carbocycles. The number of piperidine rings is 1. The number of anilines is 1. The predicted octanol–water partition coefficient (Wildman–Crippen LogP) is 3.13. The average Bonchev–Trinajstić information content (AvgIpc) is 3.28. The number of carbonyl (C=O) groups excluding carboxylic acids is 1. The van der Waals surface area contributed by atoms with Gasteiger partial charge in [0.25, 0.3) is 5.91 Å². The molecule has 4 rings (SSSR count). The van der Waals surface area contributed by atoms with E-state index in [9.17, 15) is 4.79 Å². The van der Waals surface area contributed by atoms with E-state index < -0.39 is 0 Å². The van der Waals surface area contributed by atoms with E-state index in [0.29, 0.717) is 5.69 Å². The van der Waals surface area contributed by atoms with E-state index in [1.165, 1.54) is 5.56 Å². The Bertz CT molecular complexity index is 1030. The van der Waals surface area contributed by atoms with E-state index in [0.717, 1.165) is 54.3 Å². The van der Waals surface area contributed by atoms with Gasteiger partial charge in [-0.2, -0.15) is 10.2 Å². The van der Waals surface area contributed by atoms with E-state index >= 15 is 0 Å². The molecule has 1 fully saturated rings. The van der Waals surface area contributed by atoms with Crippen LogP contribution in [-0.4, -0.2) is 45.0 Å². The van der Waals surface area contributed by atoms with E-state index in [2.05, 4.69) is 63.6 Å². The predicted molar refractivity (Wildman–Crippen MR) is 114 cm³/mol. The fraction of sp³-hybridized carbons (Fsp3) is 0.409. The van der Waals surface area contributed by atoms with Crippen molar-refractivity contribution in [2.75, 3.05) is 18.0 Å². The molecule has 3 heterocycles. The molecule has 0 saturated carbocycles. The van der Waals surface area contributed by atoms with Crippen LogP contribution >= 0.6 is 0 Å². The van der Waals surface area contributed by atoms with Gasteiger partial charge in [0, 0.05) is 37.8 Å². The van der Waals surface area contributed by atoms with Gasteiger partial charge in [0.2, 0.25) is 0 Å². The van der Waals surface area contributed by atoms with E-state index in [1.807, 2.05) is 24.7 Å². The lowest BCUT2D eigenvalue weighted by Crippen LogP contribution is -2.48. The summed E-state index contributed by atoms with van der Waals surface area (Å²) < 4.78 is 1.91. The summed E-state index contributed by atoms with van der Waals surface area (Å²) in [5, 5.41) is 14.9. The molecule has 0 spiro atoms. The van der Waals surface area contributed by atoms with Gasteiger partial charge in [-0.15, -0.1) is 0 Å². The fourth-order valence-electron chi connectivity index (χ4n) is 4.14. The van der Waals surface area contributed by atoms with Crippen molar-refractivity contribution in [1.82, 2.24) is 25.3 Å². The summed E-state index contributed by atoms with van der Waals surface area (Å²) in [6, 6.07) is 10.3. The summed E-state index contributed by atoms with van der Waals surface area (Å²) in [7, 11) is 1.96. The van der Waals surface area contributed by atoms with Crippen LogP contribution in [-0.2, 0) is 7.05 Å². The number of aromatic nitrogens is 4. The number of amides is 1. The van der Waals surface area contributed by atoms with Crippen LogP contribution in [0.5, 0.6) is 0 Å². The molecule has 1 amide bonds. The number of H-pyrrole nitrogens is 1. The molecular weight excluding hydrogens is 364 g/mol. The molecule has 7 heteroatoms. The second kappa shape index (κ2) is 7.73. The highest BCUT2D eigenvalue weighted by Crippen LogP contribution is 2.24. The number of nitrogens with one attached hydrogen (secondary N) is 2. The lowest BCUT2D eigenvalue weighted by Gasteiger charge is -2.34. The highest BCUT2D eigenvalue weighted by molar-refractivity contribution is 5.93. The SMILES string of the molecule is Cc1ccc(-c2cc(C(=O)NC3CCCN(c4cc(C)nn4C)C3)[nH]n2)c(C)c1. The number of nitrogens with zero attached hydrogens (tertiary/aromatic N) is 4. The second-order valence-corrected chi connectivity index (χ2v) is 8.01. The summed E-state index contributed by atoms with van der Waals surface area (Å²) in [5.74, 6) is 0.988. The maximum absolute atomic E-state index is 12.8. The molecule has 1 aliphatic heterocycles. The standard InChI is InChI=1S/C22H28N6O/c1-14-7-8-18(15(2)10-14)19-12-20(25-24-19)22(29)23-17-6-5-9-28(13-17)21-11-16(3)26-27(21)4/h7-8,10-12,17H,5-6,9,13H2,1-4H3,(H,23,29)(H,24,25). The highest BCUT2D eigenvalue weighted by Gasteiger charge is 2.24. The molecule has 1 aromatic carbocycles. The summed E-state index contributed by atoms with van der Waals surface area (Å²) in [5.41, 5.74) is 5.70. The molecular formula is C22H28N6O. The largest absolute Gasteiger partial charge is 0.355 e. The molecule has 152 valence electrons. The zero-order valence-corrected chi connectivity index (χ0v) is 17.5. The minimum Gasteiger partial charge on any atom is -0.355 e. The highest BCUT2D eigenvalue weighted by atomic mass is 16.2. The van der Waals surface area contributed by atoms with Crippen molar-refractivity contribution in [3.63, 3.8) is 0 Å². The normalized spacial score (nSPS) is 16.8. The number of hydrogen-bond acceptors (Lipinski definition) is 4. The van der Waals surface area contributed by atoms with Gasteiger partial charge in [-0.1, -0.05) is 23.8 Å². The molecule has 29 heavy (non-hydrogen) atoms. The number of benzene rings is 1. The smallest absolute Gasteiger partial charge is 0.269 e. The average molecular weight is 393 g/mol. The summed E-state index contributed by atoms with van der Waals surface area (Å²) in [6.07, 6.45) is 2.00. The first-order valence-electron chi connectivity index (χ1n) is 10.1. The Labute approximate surface area is 171 Å². The summed E-state index contributed by atoms with van der Waals surface area (Å²) in [6.45, 7) is 7.89. The van der Waals surface area contributed by atoms with Gasteiger partial charge in [0.05, 0.1) is 11.4 Å². The van der Waals surface area contributed by atoms with E-state index in [-0.39, 0.29) is 11.9 Å². The zero-order chi connectivity index (χ0) is 20.5. The molecule has 1 aliphatic rings. The van der Waals surface area contributed by atoms with Gasteiger partial charge >= 0.3 is 0 Å². The van der Waals surface area contributed by atoms with Gasteiger partial charge in [0.15, 0.2) is 0 Å². The first kappa shape index (κ1) is 19.2. The molecule has 1 unspecified atom stereocenters. The number of aryl methyl sites for hydroxylation is 4. The Hall–Kier alpha value is -3.09. The van der Waals surface area contributed by atoms with Crippen LogP contribution in [0.15, 0.2) is 30.3 Å².